The van der Waals surface area contributed by atoms with Crippen molar-refractivity contribution in [3.8, 4) is 23.0 Å². The highest BCUT2D eigenvalue weighted by molar-refractivity contribution is 5.88. The molecule has 0 bridgehead atoms. The maximum atomic E-state index is 13.3. The van der Waals surface area contributed by atoms with E-state index >= 15 is 0 Å². The quantitative estimate of drug-likeness (QED) is 0.254. The van der Waals surface area contributed by atoms with Crippen molar-refractivity contribution < 1.29 is 23.7 Å². The molecular weight excluding hydrogens is 480 g/mol. The Labute approximate surface area is 224 Å². The van der Waals surface area contributed by atoms with Crippen LogP contribution in [0.25, 0.3) is 10.9 Å². The van der Waals surface area contributed by atoms with Crippen molar-refractivity contribution in [2.24, 2.45) is 0 Å². The molecule has 38 heavy (non-hydrogen) atoms. The summed E-state index contributed by atoms with van der Waals surface area (Å²) in [6, 6.07) is 18.0. The van der Waals surface area contributed by atoms with Gasteiger partial charge in [0.25, 0.3) is 0 Å². The molecule has 0 saturated heterocycles. The SMILES string of the molecule is CCc1cccc2c([C@H](CC(=O)NCCc3ccc(OC)c(OC)c3)c3ccc(OC)c(OC)c3)c[nH]c12. The van der Waals surface area contributed by atoms with E-state index in [4.69, 9.17) is 18.9 Å². The van der Waals surface area contributed by atoms with Crippen molar-refractivity contribution in [2.75, 3.05) is 35.0 Å². The van der Waals surface area contributed by atoms with Crippen LogP contribution >= 0.6 is 0 Å². The number of carbonyl (C=O) groups is 1. The number of ether oxygens (including phenoxy) is 4. The first kappa shape index (κ1) is 26.9. The third-order valence-corrected chi connectivity index (χ3v) is 6.97. The molecular formula is C31H36N2O5. The summed E-state index contributed by atoms with van der Waals surface area (Å²) in [6.45, 7) is 2.66. The number of hydrogen-bond donors (Lipinski definition) is 2. The predicted octanol–water partition coefficient (Wildman–Crippen LogP) is 5.65. The number of para-hydroxylation sites is 1. The number of nitrogens with one attached hydrogen (secondary N) is 2. The van der Waals surface area contributed by atoms with Crippen LogP contribution in [-0.4, -0.2) is 45.9 Å². The lowest BCUT2D eigenvalue weighted by Gasteiger charge is -2.19. The van der Waals surface area contributed by atoms with Crippen LogP contribution in [0.5, 0.6) is 23.0 Å². The number of aromatic amines is 1. The molecule has 4 aromatic rings. The minimum absolute atomic E-state index is 0.0220. The van der Waals surface area contributed by atoms with Crippen LogP contribution in [0.3, 0.4) is 0 Å². The van der Waals surface area contributed by atoms with Gasteiger partial charge in [-0.1, -0.05) is 37.3 Å². The largest absolute Gasteiger partial charge is 0.493 e. The van der Waals surface area contributed by atoms with Crippen LogP contribution in [-0.2, 0) is 17.6 Å². The van der Waals surface area contributed by atoms with E-state index in [0.717, 1.165) is 34.0 Å². The first-order chi connectivity index (χ1) is 18.5. The third-order valence-electron chi connectivity index (χ3n) is 6.97. The van der Waals surface area contributed by atoms with E-state index in [1.165, 1.54) is 5.56 Å². The standard InChI is InChI=1S/C31H36N2O5/c1-6-21-8-7-9-23-25(19-33-31(21)23)24(22-11-13-27(36-3)29(17-22)38-5)18-30(34)32-15-14-20-10-12-26(35-2)28(16-20)37-4/h7-13,16-17,19,24,33H,6,14-15,18H2,1-5H3,(H,32,34)/t24-/m1/s1. The number of hydrogen-bond acceptors (Lipinski definition) is 5. The summed E-state index contributed by atoms with van der Waals surface area (Å²) in [6.07, 6.45) is 3.93. The van der Waals surface area contributed by atoms with E-state index < -0.39 is 0 Å². The Bertz CT molecular complexity index is 1390. The molecule has 0 radical (unpaired) electrons. The van der Waals surface area contributed by atoms with E-state index in [9.17, 15) is 4.79 Å². The van der Waals surface area contributed by atoms with Crippen molar-refractivity contribution in [1.82, 2.24) is 10.3 Å². The number of benzene rings is 3. The summed E-state index contributed by atoms with van der Waals surface area (Å²) >= 11 is 0. The van der Waals surface area contributed by atoms with Gasteiger partial charge in [-0.05, 0) is 59.4 Å². The van der Waals surface area contributed by atoms with Gasteiger partial charge in [-0.3, -0.25) is 4.79 Å². The van der Waals surface area contributed by atoms with Crippen LogP contribution in [0.4, 0.5) is 0 Å². The molecule has 3 aromatic carbocycles. The number of aryl methyl sites for hydroxylation is 1. The molecule has 1 atom stereocenters. The van der Waals surface area contributed by atoms with Crippen molar-refractivity contribution in [1.29, 1.82) is 0 Å². The van der Waals surface area contributed by atoms with Gasteiger partial charge in [0.1, 0.15) is 0 Å². The fraction of sp³-hybridized carbons (Fsp3) is 0.323. The van der Waals surface area contributed by atoms with E-state index in [1.54, 1.807) is 28.4 Å². The fourth-order valence-corrected chi connectivity index (χ4v) is 4.94. The lowest BCUT2D eigenvalue weighted by Crippen LogP contribution is -2.27. The predicted molar refractivity (Wildman–Crippen MR) is 150 cm³/mol. The van der Waals surface area contributed by atoms with Crippen molar-refractivity contribution in [2.45, 2.75) is 32.1 Å². The Balaban J connectivity index is 1.57. The van der Waals surface area contributed by atoms with Crippen molar-refractivity contribution in [3.63, 3.8) is 0 Å². The number of H-pyrrole nitrogens is 1. The Morgan fingerprint density at radius 1 is 0.868 bits per heavy atom. The number of amides is 1. The average molecular weight is 517 g/mol. The second kappa shape index (κ2) is 12.4. The smallest absolute Gasteiger partial charge is 0.220 e. The summed E-state index contributed by atoms with van der Waals surface area (Å²) in [5.41, 5.74) is 5.49. The van der Waals surface area contributed by atoms with Gasteiger partial charge >= 0.3 is 0 Å². The summed E-state index contributed by atoms with van der Waals surface area (Å²) in [5.74, 6) is 2.46. The molecule has 0 aliphatic carbocycles. The van der Waals surface area contributed by atoms with E-state index in [-0.39, 0.29) is 11.8 Å². The van der Waals surface area contributed by atoms with Gasteiger partial charge in [-0.2, -0.15) is 0 Å². The molecule has 1 amide bonds. The lowest BCUT2D eigenvalue weighted by atomic mass is 9.87. The normalized spacial score (nSPS) is 11.7. The minimum atomic E-state index is -0.170. The number of fused-ring (bicyclic) bond motifs is 1. The number of methoxy groups -OCH3 is 4. The molecule has 1 heterocycles. The highest BCUT2D eigenvalue weighted by Crippen LogP contribution is 2.38. The molecule has 2 N–H and O–H groups in total. The van der Waals surface area contributed by atoms with Crippen LogP contribution < -0.4 is 24.3 Å². The summed E-state index contributed by atoms with van der Waals surface area (Å²) in [5, 5.41) is 4.23. The molecule has 7 heteroatoms. The first-order valence-electron chi connectivity index (χ1n) is 12.8. The van der Waals surface area contributed by atoms with E-state index in [1.807, 2.05) is 42.6 Å². The Kier molecular flexibility index (Phi) is 8.79. The maximum absolute atomic E-state index is 13.3. The third kappa shape index (κ3) is 5.72. The van der Waals surface area contributed by atoms with Gasteiger partial charge in [0.15, 0.2) is 23.0 Å². The lowest BCUT2D eigenvalue weighted by molar-refractivity contribution is -0.121. The van der Waals surface area contributed by atoms with Gasteiger partial charge < -0.3 is 29.2 Å². The maximum Gasteiger partial charge on any atom is 0.220 e. The molecule has 1 aromatic heterocycles. The summed E-state index contributed by atoms with van der Waals surface area (Å²) < 4.78 is 21.7. The highest BCUT2D eigenvalue weighted by atomic mass is 16.5. The van der Waals surface area contributed by atoms with E-state index in [2.05, 4.69) is 35.4 Å². The Morgan fingerprint density at radius 2 is 1.55 bits per heavy atom. The first-order valence-corrected chi connectivity index (χ1v) is 12.8. The molecule has 200 valence electrons. The number of rotatable bonds is 12. The van der Waals surface area contributed by atoms with Crippen LogP contribution in [0, 0.1) is 0 Å². The molecule has 7 nitrogen and oxygen atoms in total. The Hall–Kier alpha value is -4.13. The summed E-state index contributed by atoms with van der Waals surface area (Å²) in [4.78, 5) is 16.7. The topological polar surface area (TPSA) is 81.8 Å². The average Bonchev–Trinajstić information content (AvgIpc) is 3.39. The molecule has 0 aliphatic heterocycles. The Morgan fingerprint density at radius 3 is 2.24 bits per heavy atom. The van der Waals surface area contributed by atoms with Gasteiger partial charge in [-0.15, -0.1) is 0 Å². The zero-order valence-electron chi connectivity index (χ0n) is 22.7. The molecule has 0 spiro atoms. The molecule has 4 rings (SSSR count). The van der Waals surface area contributed by atoms with Gasteiger partial charge in [-0.25, -0.2) is 0 Å². The van der Waals surface area contributed by atoms with Crippen LogP contribution in [0.15, 0.2) is 60.8 Å². The number of aromatic nitrogens is 1. The molecule has 0 fully saturated rings. The van der Waals surface area contributed by atoms with E-state index in [0.29, 0.717) is 42.4 Å². The second-order valence-electron chi connectivity index (χ2n) is 9.10. The number of carbonyl (C=O) groups excluding carboxylic acids is 1. The van der Waals surface area contributed by atoms with Crippen molar-refractivity contribution in [3.05, 3.63) is 83.0 Å². The van der Waals surface area contributed by atoms with Crippen LogP contribution in [0.1, 0.15) is 41.5 Å². The fourth-order valence-electron chi connectivity index (χ4n) is 4.94. The van der Waals surface area contributed by atoms with Gasteiger partial charge in [0.2, 0.25) is 5.91 Å². The monoisotopic (exact) mass is 516 g/mol. The summed E-state index contributed by atoms with van der Waals surface area (Å²) in [7, 11) is 6.47. The van der Waals surface area contributed by atoms with Crippen molar-refractivity contribution >= 4 is 16.8 Å². The zero-order valence-corrected chi connectivity index (χ0v) is 22.7. The molecule has 0 saturated carbocycles. The van der Waals surface area contributed by atoms with Crippen LogP contribution in [0.2, 0.25) is 0 Å². The highest BCUT2D eigenvalue weighted by Gasteiger charge is 2.23. The zero-order chi connectivity index (χ0) is 27.1. The minimum Gasteiger partial charge on any atom is -0.493 e. The molecule has 0 aliphatic rings. The van der Waals surface area contributed by atoms with Gasteiger partial charge in [0.05, 0.1) is 28.4 Å². The second-order valence-corrected chi connectivity index (χ2v) is 9.10. The molecule has 0 unspecified atom stereocenters. The van der Waals surface area contributed by atoms with Gasteiger partial charge in [0, 0.05) is 36.0 Å².